The van der Waals surface area contributed by atoms with Crippen molar-refractivity contribution in [3.63, 3.8) is 0 Å². The Bertz CT molecular complexity index is 872. The molecule has 0 saturated carbocycles. The van der Waals surface area contributed by atoms with Crippen LogP contribution in [0.2, 0.25) is 0 Å². The van der Waals surface area contributed by atoms with E-state index in [4.69, 9.17) is 0 Å². The molecule has 1 fully saturated rings. The first kappa shape index (κ1) is 19.0. The number of pyridine rings is 2. The highest BCUT2D eigenvalue weighted by Crippen LogP contribution is 2.17. The lowest BCUT2D eigenvalue weighted by molar-refractivity contribution is -0.139. The number of nitrogens with zero attached hydrogens (tertiary/aromatic N) is 4. The van der Waals surface area contributed by atoms with Gasteiger partial charge in [-0.25, -0.2) is 9.80 Å². The van der Waals surface area contributed by atoms with E-state index in [1.807, 2.05) is 6.07 Å². The SMILES string of the molecule is COC(=O)c1ccc(C(=O)N2CCCN2C(=O)Cc2cncc(Br)c2)nc1. The van der Waals surface area contributed by atoms with Gasteiger partial charge in [0.2, 0.25) is 5.91 Å². The van der Waals surface area contributed by atoms with E-state index in [-0.39, 0.29) is 29.5 Å². The van der Waals surface area contributed by atoms with Crippen LogP contribution < -0.4 is 0 Å². The van der Waals surface area contributed by atoms with E-state index in [0.717, 1.165) is 10.0 Å². The van der Waals surface area contributed by atoms with Crippen molar-refractivity contribution in [3.05, 3.63) is 58.1 Å². The number of halogens is 1. The van der Waals surface area contributed by atoms with Gasteiger partial charge in [0, 0.05) is 36.2 Å². The fourth-order valence-corrected chi connectivity index (χ4v) is 3.20. The van der Waals surface area contributed by atoms with E-state index in [1.165, 1.54) is 35.5 Å². The zero-order valence-electron chi connectivity index (χ0n) is 14.6. The van der Waals surface area contributed by atoms with Crippen LogP contribution in [0, 0.1) is 0 Å². The molecule has 2 aromatic rings. The minimum atomic E-state index is -0.526. The fraction of sp³-hybridized carbons (Fsp3) is 0.278. The van der Waals surface area contributed by atoms with Gasteiger partial charge in [-0.3, -0.25) is 24.6 Å². The number of carbonyl (C=O) groups excluding carboxylic acids is 3. The van der Waals surface area contributed by atoms with Crippen molar-refractivity contribution in [2.45, 2.75) is 12.8 Å². The first-order chi connectivity index (χ1) is 13.0. The number of rotatable bonds is 4. The Morgan fingerprint density at radius 3 is 2.59 bits per heavy atom. The number of hydrogen-bond acceptors (Lipinski definition) is 6. The number of amides is 2. The molecule has 0 radical (unpaired) electrons. The van der Waals surface area contributed by atoms with Crippen molar-refractivity contribution in [2.75, 3.05) is 20.2 Å². The number of esters is 1. The number of hydrogen-bond donors (Lipinski definition) is 0. The molecule has 0 aliphatic carbocycles. The van der Waals surface area contributed by atoms with Crippen LogP contribution in [0.5, 0.6) is 0 Å². The minimum absolute atomic E-state index is 0.144. The highest BCUT2D eigenvalue weighted by atomic mass is 79.9. The molecule has 27 heavy (non-hydrogen) atoms. The third-order valence-corrected chi connectivity index (χ3v) is 4.51. The summed E-state index contributed by atoms with van der Waals surface area (Å²) < 4.78 is 5.40. The first-order valence-electron chi connectivity index (χ1n) is 8.25. The van der Waals surface area contributed by atoms with Crippen LogP contribution in [0.3, 0.4) is 0 Å². The van der Waals surface area contributed by atoms with Gasteiger partial charge in [0.25, 0.3) is 5.91 Å². The van der Waals surface area contributed by atoms with Gasteiger partial charge < -0.3 is 4.74 Å². The lowest BCUT2D eigenvalue weighted by Crippen LogP contribution is -2.45. The second kappa shape index (κ2) is 8.26. The minimum Gasteiger partial charge on any atom is -0.465 e. The maximum absolute atomic E-state index is 12.8. The summed E-state index contributed by atoms with van der Waals surface area (Å²) in [4.78, 5) is 45.0. The number of ether oxygens (including phenoxy) is 1. The van der Waals surface area contributed by atoms with Gasteiger partial charge in [0.1, 0.15) is 5.69 Å². The molecule has 0 bridgehead atoms. The van der Waals surface area contributed by atoms with Crippen LogP contribution >= 0.6 is 15.9 Å². The number of methoxy groups -OCH3 is 1. The van der Waals surface area contributed by atoms with E-state index in [2.05, 4.69) is 30.6 Å². The van der Waals surface area contributed by atoms with Gasteiger partial charge in [-0.2, -0.15) is 0 Å². The number of carbonyl (C=O) groups is 3. The first-order valence-corrected chi connectivity index (χ1v) is 9.05. The molecule has 0 spiro atoms. The Balaban J connectivity index is 1.72. The molecule has 1 aliphatic heterocycles. The van der Waals surface area contributed by atoms with Gasteiger partial charge in [-0.1, -0.05) is 0 Å². The van der Waals surface area contributed by atoms with Crippen molar-refractivity contribution >= 4 is 33.7 Å². The molecule has 0 aromatic carbocycles. The summed E-state index contributed by atoms with van der Waals surface area (Å²) in [5.74, 6) is -1.10. The van der Waals surface area contributed by atoms with Crippen molar-refractivity contribution in [1.29, 1.82) is 0 Å². The Kier molecular flexibility index (Phi) is 5.80. The molecule has 3 heterocycles. The third-order valence-electron chi connectivity index (χ3n) is 4.07. The van der Waals surface area contributed by atoms with Crippen molar-refractivity contribution < 1.29 is 19.1 Å². The van der Waals surface area contributed by atoms with Crippen molar-refractivity contribution in [2.24, 2.45) is 0 Å². The summed E-state index contributed by atoms with van der Waals surface area (Å²) >= 11 is 3.33. The lowest BCUT2D eigenvalue weighted by atomic mass is 10.2. The van der Waals surface area contributed by atoms with Gasteiger partial charge >= 0.3 is 5.97 Å². The molecular weight excluding hydrogens is 416 g/mol. The average Bonchev–Trinajstić information content (AvgIpc) is 3.17. The third kappa shape index (κ3) is 4.30. The molecule has 0 N–H and O–H groups in total. The van der Waals surface area contributed by atoms with Gasteiger partial charge in [0.05, 0.1) is 19.1 Å². The molecule has 0 atom stereocenters. The zero-order valence-corrected chi connectivity index (χ0v) is 16.2. The summed E-state index contributed by atoms with van der Waals surface area (Å²) in [6.07, 6.45) is 5.38. The normalized spacial score (nSPS) is 13.6. The molecule has 0 unspecified atom stereocenters. The summed E-state index contributed by atoms with van der Waals surface area (Å²) in [7, 11) is 1.27. The second-order valence-electron chi connectivity index (χ2n) is 5.91. The maximum Gasteiger partial charge on any atom is 0.339 e. The van der Waals surface area contributed by atoms with Crippen LogP contribution in [0.15, 0.2) is 41.3 Å². The molecule has 140 valence electrons. The number of aromatic nitrogens is 2. The molecule has 9 heteroatoms. The summed E-state index contributed by atoms with van der Waals surface area (Å²) in [5, 5.41) is 2.84. The van der Waals surface area contributed by atoms with E-state index in [9.17, 15) is 14.4 Å². The van der Waals surface area contributed by atoms with Gasteiger partial charge in [-0.15, -0.1) is 0 Å². The molecule has 1 aliphatic rings. The molecule has 2 amide bonds. The largest absolute Gasteiger partial charge is 0.465 e. The quantitative estimate of drug-likeness (QED) is 0.684. The lowest BCUT2D eigenvalue weighted by Gasteiger charge is -2.27. The average molecular weight is 433 g/mol. The molecule has 8 nitrogen and oxygen atoms in total. The Labute approximate surface area is 164 Å². The summed E-state index contributed by atoms with van der Waals surface area (Å²) in [5.41, 5.74) is 1.17. The van der Waals surface area contributed by atoms with E-state index in [1.54, 1.807) is 12.4 Å². The van der Waals surface area contributed by atoms with Crippen LogP contribution in [-0.4, -0.2) is 58.0 Å². The molecule has 3 rings (SSSR count). The topological polar surface area (TPSA) is 92.7 Å². The highest BCUT2D eigenvalue weighted by molar-refractivity contribution is 9.10. The maximum atomic E-state index is 12.8. The monoisotopic (exact) mass is 432 g/mol. The van der Waals surface area contributed by atoms with E-state index < -0.39 is 5.97 Å². The van der Waals surface area contributed by atoms with Crippen LogP contribution in [0.4, 0.5) is 0 Å². The Morgan fingerprint density at radius 2 is 1.93 bits per heavy atom. The fourth-order valence-electron chi connectivity index (χ4n) is 2.79. The van der Waals surface area contributed by atoms with Crippen LogP contribution in [0.25, 0.3) is 0 Å². The molecule has 2 aromatic heterocycles. The van der Waals surface area contributed by atoms with Gasteiger partial charge in [0.15, 0.2) is 0 Å². The van der Waals surface area contributed by atoms with Crippen LogP contribution in [0.1, 0.15) is 32.8 Å². The van der Waals surface area contributed by atoms with Crippen molar-refractivity contribution in [3.8, 4) is 0 Å². The molecule has 1 saturated heterocycles. The summed E-state index contributed by atoms with van der Waals surface area (Å²) in [6.45, 7) is 0.897. The molecular formula is C18H17BrN4O4. The summed E-state index contributed by atoms with van der Waals surface area (Å²) in [6, 6.07) is 4.75. The standard InChI is InChI=1S/C18H17BrN4O4/c1-27-18(26)13-3-4-15(21-10-13)17(25)23-6-2-5-22(23)16(24)8-12-7-14(19)11-20-9-12/h3-4,7,9-11H,2,5-6,8H2,1H3. The number of hydrazine groups is 1. The van der Waals surface area contributed by atoms with E-state index in [0.29, 0.717) is 19.5 Å². The Morgan fingerprint density at radius 1 is 1.15 bits per heavy atom. The Hall–Kier alpha value is -2.81. The highest BCUT2D eigenvalue weighted by Gasteiger charge is 2.32. The van der Waals surface area contributed by atoms with Crippen LogP contribution in [-0.2, 0) is 16.0 Å². The van der Waals surface area contributed by atoms with Gasteiger partial charge in [-0.05, 0) is 46.1 Å². The van der Waals surface area contributed by atoms with E-state index >= 15 is 0 Å². The zero-order chi connectivity index (χ0) is 19.4. The predicted molar refractivity (Wildman–Crippen MR) is 98.6 cm³/mol. The smallest absolute Gasteiger partial charge is 0.339 e. The van der Waals surface area contributed by atoms with Crippen molar-refractivity contribution in [1.82, 2.24) is 20.0 Å². The second-order valence-corrected chi connectivity index (χ2v) is 6.83. The predicted octanol–water partition coefficient (Wildman–Crippen LogP) is 1.86.